The Labute approximate surface area is 55.5 Å². The van der Waals surface area contributed by atoms with E-state index in [2.05, 4.69) is 4.37 Å². The summed E-state index contributed by atoms with van der Waals surface area (Å²) < 4.78 is 2.68. The van der Waals surface area contributed by atoms with Crippen LogP contribution >= 0.6 is 11.5 Å². The van der Waals surface area contributed by atoms with E-state index in [-0.39, 0.29) is 5.69 Å². The molecule has 1 rings (SSSR count). The van der Waals surface area contributed by atoms with Crippen LogP contribution in [0.5, 0.6) is 0 Å². The summed E-state index contributed by atoms with van der Waals surface area (Å²) in [5.41, 5.74) is 0.167. The summed E-state index contributed by atoms with van der Waals surface area (Å²) in [5.74, 6) is 0. The molecule has 0 aliphatic rings. The maximum atomic E-state index is 10.1. The molecule has 0 atom stereocenters. The van der Waals surface area contributed by atoms with Gasteiger partial charge in [-0.15, -0.1) is 4.37 Å². The molecule has 0 saturated carbocycles. The first-order chi connectivity index (χ1) is 4.22. The number of aromatic amines is 1. The molecule has 0 spiro atoms. The van der Waals surface area contributed by atoms with Crippen LogP contribution in [0.2, 0.25) is 0 Å². The van der Waals surface area contributed by atoms with Crippen molar-refractivity contribution in [1.29, 1.82) is 0 Å². The van der Waals surface area contributed by atoms with Crippen molar-refractivity contribution in [3.8, 4) is 0 Å². The van der Waals surface area contributed by atoms with E-state index >= 15 is 0 Å². The fourth-order valence-electron chi connectivity index (χ4n) is 0.509. The van der Waals surface area contributed by atoms with Crippen LogP contribution < -0.4 is 4.37 Å². The topological polar surface area (TPSA) is 57.3 Å². The van der Waals surface area contributed by atoms with E-state index in [9.17, 15) is 10.1 Å². The van der Waals surface area contributed by atoms with Crippen molar-refractivity contribution in [3.05, 3.63) is 21.2 Å². The van der Waals surface area contributed by atoms with Crippen molar-refractivity contribution in [1.82, 2.24) is 0 Å². The molecule has 5 heteroatoms. The second-order valence-electron chi connectivity index (χ2n) is 1.56. The molecule has 0 amide bonds. The fourth-order valence-corrected chi connectivity index (χ4v) is 1.09. The minimum atomic E-state index is -0.400. The number of nitrogens with zero attached hydrogens (tertiary/aromatic N) is 1. The highest BCUT2D eigenvalue weighted by Gasteiger charge is 2.16. The number of hydrogen-bond acceptors (Lipinski definition) is 3. The number of rotatable bonds is 1. The monoisotopic (exact) mass is 145 g/mol. The van der Waals surface area contributed by atoms with Crippen molar-refractivity contribution in [2.24, 2.45) is 0 Å². The molecular formula is C4H5N2O2S+. The Morgan fingerprint density at radius 2 is 2.56 bits per heavy atom. The third kappa shape index (κ3) is 1.05. The maximum absolute atomic E-state index is 10.1. The normalized spacial score (nSPS) is 9.44. The van der Waals surface area contributed by atoms with Crippen LogP contribution in [-0.2, 0) is 0 Å². The van der Waals surface area contributed by atoms with Crippen LogP contribution in [0.15, 0.2) is 6.20 Å². The van der Waals surface area contributed by atoms with Gasteiger partial charge in [0, 0.05) is 0 Å². The minimum absolute atomic E-state index is 0.167. The van der Waals surface area contributed by atoms with E-state index in [1.54, 1.807) is 6.92 Å². The molecule has 4 nitrogen and oxygen atoms in total. The molecule has 1 N–H and O–H groups in total. The molecule has 1 aromatic rings. The number of nitrogens with one attached hydrogen (secondary N) is 1. The first-order valence-electron chi connectivity index (χ1n) is 2.32. The highest BCUT2D eigenvalue weighted by Crippen LogP contribution is 2.16. The lowest BCUT2D eigenvalue weighted by Crippen LogP contribution is -1.89. The quantitative estimate of drug-likeness (QED) is 0.433. The summed E-state index contributed by atoms with van der Waals surface area (Å²) in [5, 5.41) is 10.1. The summed E-state index contributed by atoms with van der Waals surface area (Å²) >= 11 is 1.27. The smallest absolute Gasteiger partial charge is 0.258 e. The van der Waals surface area contributed by atoms with E-state index < -0.39 is 4.92 Å². The van der Waals surface area contributed by atoms with Crippen LogP contribution in [0, 0.1) is 17.0 Å². The van der Waals surface area contributed by atoms with Gasteiger partial charge in [0.2, 0.25) is 0 Å². The van der Waals surface area contributed by atoms with Crippen molar-refractivity contribution in [2.75, 3.05) is 0 Å². The number of H-pyrrole nitrogens is 1. The van der Waals surface area contributed by atoms with E-state index in [4.69, 9.17) is 0 Å². The molecule has 0 saturated heterocycles. The van der Waals surface area contributed by atoms with Gasteiger partial charge in [-0.05, 0) is 6.92 Å². The second kappa shape index (κ2) is 2.10. The van der Waals surface area contributed by atoms with Gasteiger partial charge in [-0.1, -0.05) is 0 Å². The lowest BCUT2D eigenvalue weighted by molar-refractivity contribution is -0.395. The van der Waals surface area contributed by atoms with E-state index in [0.717, 1.165) is 0 Å². The van der Waals surface area contributed by atoms with Gasteiger partial charge in [0.05, 0.1) is 4.92 Å². The first kappa shape index (κ1) is 6.15. The zero-order valence-corrected chi connectivity index (χ0v) is 5.57. The lowest BCUT2D eigenvalue weighted by Gasteiger charge is -1.78. The molecule has 48 valence electrons. The van der Waals surface area contributed by atoms with Gasteiger partial charge in [-0.25, -0.2) is 0 Å². The molecule has 0 aromatic carbocycles. The molecule has 1 heterocycles. The standard InChI is InChI=1S/C4H4N2O2S/c1-3-4(6(7)8)2-5-9-3/h2H,1H3/p+1. The van der Waals surface area contributed by atoms with Gasteiger partial charge in [0.25, 0.3) is 6.20 Å². The van der Waals surface area contributed by atoms with Crippen LogP contribution in [0.4, 0.5) is 5.69 Å². The Hall–Kier alpha value is -0.970. The zero-order chi connectivity index (χ0) is 6.85. The van der Waals surface area contributed by atoms with Crippen molar-refractivity contribution >= 4 is 17.2 Å². The summed E-state index contributed by atoms with van der Waals surface area (Å²) in [6.45, 7) is 1.71. The Balaban J connectivity index is 3.08. The van der Waals surface area contributed by atoms with Crippen molar-refractivity contribution in [3.63, 3.8) is 0 Å². The lowest BCUT2D eigenvalue weighted by atomic mass is 10.5. The van der Waals surface area contributed by atoms with Crippen LogP contribution in [0.1, 0.15) is 4.88 Å². The van der Waals surface area contributed by atoms with Crippen LogP contribution in [-0.4, -0.2) is 4.92 Å². The summed E-state index contributed by atoms with van der Waals surface area (Å²) in [4.78, 5) is 10.4. The maximum Gasteiger partial charge on any atom is 0.351 e. The van der Waals surface area contributed by atoms with Gasteiger partial charge in [-0.2, -0.15) is 0 Å². The zero-order valence-electron chi connectivity index (χ0n) is 4.75. The average Bonchev–Trinajstić information content (AvgIpc) is 2.13. The Kier molecular flexibility index (Phi) is 1.44. The van der Waals surface area contributed by atoms with Crippen LogP contribution in [0.25, 0.3) is 0 Å². The highest BCUT2D eigenvalue weighted by atomic mass is 32.1. The molecule has 0 bridgehead atoms. The largest absolute Gasteiger partial charge is 0.351 e. The van der Waals surface area contributed by atoms with Gasteiger partial charge < -0.3 is 0 Å². The van der Waals surface area contributed by atoms with E-state index in [1.165, 1.54) is 17.7 Å². The molecule has 9 heavy (non-hydrogen) atoms. The molecule has 1 aromatic heterocycles. The van der Waals surface area contributed by atoms with Gasteiger partial charge in [0.1, 0.15) is 16.4 Å². The summed E-state index contributed by atoms with van der Waals surface area (Å²) in [6.07, 6.45) is 1.39. The molecule has 0 unspecified atom stereocenters. The van der Waals surface area contributed by atoms with Crippen molar-refractivity contribution < 1.29 is 9.30 Å². The third-order valence-corrected chi connectivity index (χ3v) is 1.72. The number of aromatic nitrogens is 1. The van der Waals surface area contributed by atoms with Crippen LogP contribution in [0.3, 0.4) is 0 Å². The molecule has 0 aliphatic carbocycles. The molecular weight excluding hydrogens is 140 g/mol. The summed E-state index contributed by atoms with van der Waals surface area (Å²) in [6, 6.07) is 0. The Morgan fingerprint density at radius 3 is 2.78 bits per heavy atom. The van der Waals surface area contributed by atoms with Gasteiger partial charge >= 0.3 is 5.69 Å². The first-order valence-corrected chi connectivity index (χ1v) is 3.14. The van der Waals surface area contributed by atoms with E-state index in [0.29, 0.717) is 4.88 Å². The second-order valence-corrected chi connectivity index (χ2v) is 2.61. The average molecular weight is 145 g/mol. The SMILES string of the molecule is Cc1s[nH+]cc1[N+](=O)[O-]. The predicted octanol–water partition coefficient (Wildman–Crippen LogP) is 0.779. The van der Waals surface area contributed by atoms with E-state index in [1.807, 2.05) is 0 Å². The Bertz CT molecular complexity index is 232. The summed E-state index contributed by atoms with van der Waals surface area (Å²) in [7, 11) is 0. The molecule has 0 radical (unpaired) electrons. The molecule has 0 aliphatic heterocycles. The highest BCUT2D eigenvalue weighted by molar-refractivity contribution is 7.01. The Morgan fingerprint density at radius 1 is 1.89 bits per heavy atom. The third-order valence-electron chi connectivity index (χ3n) is 0.965. The number of nitro groups is 1. The molecule has 0 fully saturated rings. The van der Waals surface area contributed by atoms with Gasteiger partial charge in [0.15, 0.2) is 0 Å². The number of hydrogen-bond donors (Lipinski definition) is 0. The minimum Gasteiger partial charge on any atom is -0.258 e. The predicted molar refractivity (Wildman–Crippen MR) is 32.3 cm³/mol. The fraction of sp³-hybridized carbons (Fsp3) is 0.250. The van der Waals surface area contributed by atoms with Gasteiger partial charge in [-0.3, -0.25) is 10.1 Å². The number of aryl methyl sites for hydroxylation is 1. The van der Waals surface area contributed by atoms with Crippen molar-refractivity contribution in [2.45, 2.75) is 6.92 Å².